The molecule has 0 aliphatic heterocycles. The number of ketones is 1. The number of unbranched alkanes of at least 4 members (excludes halogenated alkanes) is 2. The average Bonchev–Trinajstić information content (AvgIpc) is 2.69. The molecule has 114 valence electrons. The zero-order chi connectivity index (χ0) is 15.1. The van der Waals surface area contributed by atoms with Crippen LogP contribution in [0.3, 0.4) is 0 Å². The minimum atomic E-state index is 0.262. The Morgan fingerprint density at radius 1 is 1.15 bits per heavy atom. The zero-order valence-electron chi connectivity index (χ0n) is 13.8. The van der Waals surface area contributed by atoms with Gasteiger partial charge in [0, 0.05) is 24.0 Å². The summed E-state index contributed by atoms with van der Waals surface area (Å²) in [6.07, 6.45) is 4.70. The largest absolute Gasteiger partial charge is 0.351 e. The van der Waals surface area contributed by atoms with Crippen LogP contribution in [0.25, 0.3) is 0 Å². The number of aryl methyl sites for hydroxylation is 1. The number of aromatic nitrogens is 1. The van der Waals surface area contributed by atoms with Crippen LogP contribution < -0.4 is 0 Å². The van der Waals surface area contributed by atoms with Crippen molar-refractivity contribution in [2.75, 3.05) is 19.6 Å². The summed E-state index contributed by atoms with van der Waals surface area (Å²) in [7, 11) is 2.02. The van der Waals surface area contributed by atoms with Crippen LogP contribution >= 0.6 is 0 Å². The highest BCUT2D eigenvalue weighted by molar-refractivity contribution is 5.99. The Morgan fingerprint density at radius 2 is 1.70 bits per heavy atom. The van der Waals surface area contributed by atoms with E-state index < -0.39 is 0 Å². The molecule has 0 fully saturated rings. The predicted molar refractivity (Wildman–Crippen MR) is 85.5 cm³/mol. The molecule has 1 rings (SSSR count). The van der Waals surface area contributed by atoms with Gasteiger partial charge in [-0.25, -0.2) is 0 Å². The first kappa shape index (κ1) is 17.0. The second-order valence-electron chi connectivity index (χ2n) is 5.75. The summed E-state index contributed by atoms with van der Waals surface area (Å²) in [5.74, 6) is 0.262. The lowest BCUT2D eigenvalue weighted by molar-refractivity contribution is 0.0927. The van der Waals surface area contributed by atoms with Gasteiger partial charge in [-0.05, 0) is 45.8 Å². The smallest absolute Gasteiger partial charge is 0.178 e. The summed E-state index contributed by atoms with van der Waals surface area (Å²) in [6, 6.07) is 2.02. The summed E-state index contributed by atoms with van der Waals surface area (Å²) in [5, 5.41) is 0. The van der Waals surface area contributed by atoms with Crippen LogP contribution in [0.4, 0.5) is 0 Å². The van der Waals surface area contributed by atoms with E-state index in [-0.39, 0.29) is 5.78 Å². The standard InChI is InChI=1S/C17H30N2O/c1-6-8-10-19(11-9-7-2)13-17(20)16-12-14(3)18(5)15(16)4/h12H,6-11,13H2,1-5H3. The second kappa shape index (κ2) is 8.25. The van der Waals surface area contributed by atoms with Gasteiger partial charge in [-0.1, -0.05) is 26.7 Å². The first-order valence-corrected chi connectivity index (χ1v) is 7.89. The van der Waals surface area contributed by atoms with Crippen molar-refractivity contribution in [3.05, 3.63) is 23.0 Å². The van der Waals surface area contributed by atoms with E-state index in [1.165, 1.54) is 25.7 Å². The molecule has 0 radical (unpaired) electrons. The van der Waals surface area contributed by atoms with Gasteiger partial charge in [0.05, 0.1) is 6.54 Å². The zero-order valence-corrected chi connectivity index (χ0v) is 13.8. The van der Waals surface area contributed by atoms with E-state index in [4.69, 9.17) is 0 Å². The van der Waals surface area contributed by atoms with Crippen molar-refractivity contribution in [1.29, 1.82) is 0 Å². The molecule has 0 unspecified atom stereocenters. The third-order valence-electron chi connectivity index (χ3n) is 4.10. The maximum atomic E-state index is 12.5. The number of carbonyl (C=O) groups excluding carboxylic acids is 1. The molecule has 0 atom stereocenters. The van der Waals surface area contributed by atoms with Crippen molar-refractivity contribution in [3.8, 4) is 0 Å². The van der Waals surface area contributed by atoms with Crippen LogP contribution in [0.2, 0.25) is 0 Å². The summed E-state index contributed by atoms with van der Waals surface area (Å²) in [4.78, 5) is 14.8. The molecular formula is C17H30N2O. The molecule has 1 aromatic heterocycles. The van der Waals surface area contributed by atoms with Crippen molar-refractivity contribution in [3.63, 3.8) is 0 Å². The van der Waals surface area contributed by atoms with E-state index in [0.29, 0.717) is 6.54 Å². The fraction of sp³-hybridized carbons (Fsp3) is 0.706. The highest BCUT2D eigenvalue weighted by Gasteiger charge is 2.16. The molecule has 0 saturated carbocycles. The Balaban J connectivity index is 2.70. The maximum absolute atomic E-state index is 12.5. The van der Waals surface area contributed by atoms with Gasteiger partial charge in [0.15, 0.2) is 5.78 Å². The predicted octanol–water partition coefficient (Wildman–Crippen LogP) is 3.73. The number of hydrogen-bond donors (Lipinski definition) is 0. The SMILES string of the molecule is CCCCN(CCCC)CC(=O)c1cc(C)n(C)c1C. The molecule has 0 amide bonds. The van der Waals surface area contributed by atoms with Crippen molar-refractivity contribution >= 4 is 5.78 Å². The van der Waals surface area contributed by atoms with Gasteiger partial charge in [-0.15, -0.1) is 0 Å². The lowest BCUT2D eigenvalue weighted by atomic mass is 10.1. The molecule has 1 heterocycles. The Morgan fingerprint density at radius 3 is 2.10 bits per heavy atom. The van der Waals surface area contributed by atoms with E-state index in [1.54, 1.807) is 0 Å². The van der Waals surface area contributed by atoms with Crippen LogP contribution in [0, 0.1) is 13.8 Å². The fourth-order valence-electron chi connectivity index (χ4n) is 2.46. The molecular weight excluding hydrogens is 248 g/mol. The van der Waals surface area contributed by atoms with Crippen LogP contribution in [0.5, 0.6) is 0 Å². The van der Waals surface area contributed by atoms with Gasteiger partial charge in [-0.3, -0.25) is 9.69 Å². The van der Waals surface area contributed by atoms with Gasteiger partial charge in [-0.2, -0.15) is 0 Å². The average molecular weight is 278 g/mol. The Kier molecular flexibility index (Phi) is 7.00. The van der Waals surface area contributed by atoms with E-state index in [2.05, 4.69) is 30.2 Å². The minimum Gasteiger partial charge on any atom is -0.351 e. The Bertz CT molecular complexity index is 426. The molecule has 1 aromatic rings. The fourth-order valence-corrected chi connectivity index (χ4v) is 2.46. The lowest BCUT2D eigenvalue weighted by Gasteiger charge is -2.21. The molecule has 3 nitrogen and oxygen atoms in total. The maximum Gasteiger partial charge on any atom is 0.178 e. The lowest BCUT2D eigenvalue weighted by Crippen LogP contribution is -2.32. The summed E-state index contributed by atoms with van der Waals surface area (Å²) in [6.45, 7) is 11.1. The van der Waals surface area contributed by atoms with E-state index in [1.807, 2.05) is 20.0 Å². The number of rotatable bonds is 9. The van der Waals surface area contributed by atoms with Crippen LogP contribution in [-0.4, -0.2) is 34.9 Å². The number of nitrogens with zero attached hydrogens (tertiary/aromatic N) is 2. The van der Waals surface area contributed by atoms with Crippen molar-refractivity contribution in [2.24, 2.45) is 7.05 Å². The van der Waals surface area contributed by atoms with Gasteiger partial charge in [0.1, 0.15) is 0 Å². The molecule has 0 aliphatic rings. The van der Waals surface area contributed by atoms with Gasteiger partial charge in [0.25, 0.3) is 0 Å². The summed E-state index contributed by atoms with van der Waals surface area (Å²) in [5.41, 5.74) is 3.13. The van der Waals surface area contributed by atoms with Crippen molar-refractivity contribution in [2.45, 2.75) is 53.4 Å². The van der Waals surface area contributed by atoms with Crippen LogP contribution in [-0.2, 0) is 7.05 Å². The second-order valence-corrected chi connectivity index (χ2v) is 5.75. The quantitative estimate of drug-likeness (QED) is 0.643. The highest BCUT2D eigenvalue weighted by atomic mass is 16.1. The molecule has 0 bridgehead atoms. The third kappa shape index (κ3) is 4.48. The number of carbonyl (C=O) groups is 1. The summed E-state index contributed by atoms with van der Waals surface area (Å²) >= 11 is 0. The van der Waals surface area contributed by atoms with E-state index in [0.717, 1.165) is 30.0 Å². The number of Topliss-reactive ketones (excluding diaryl/α,β-unsaturated/α-hetero) is 1. The van der Waals surface area contributed by atoms with Crippen LogP contribution in [0.15, 0.2) is 6.07 Å². The van der Waals surface area contributed by atoms with E-state index >= 15 is 0 Å². The van der Waals surface area contributed by atoms with Crippen molar-refractivity contribution in [1.82, 2.24) is 9.47 Å². The van der Waals surface area contributed by atoms with Crippen molar-refractivity contribution < 1.29 is 4.79 Å². The molecule has 0 N–H and O–H groups in total. The van der Waals surface area contributed by atoms with E-state index in [9.17, 15) is 4.79 Å². The van der Waals surface area contributed by atoms with Gasteiger partial charge >= 0.3 is 0 Å². The molecule has 3 heteroatoms. The Hall–Kier alpha value is -1.09. The molecule has 0 aromatic carbocycles. The summed E-state index contributed by atoms with van der Waals surface area (Å²) < 4.78 is 2.09. The monoisotopic (exact) mass is 278 g/mol. The molecule has 0 spiro atoms. The first-order valence-electron chi connectivity index (χ1n) is 7.89. The molecule has 0 saturated heterocycles. The van der Waals surface area contributed by atoms with Gasteiger partial charge < -0.3 is 4.57 Å². The molecule has 0 aliphatic carbocycles. The highest BCUT2D eigenvalue weighted by Crippen LogP contribution is 2.14. The normalized spacial score (nSPS) is 11.3. The van der Waals surface area contributed by atoms with Crippen LogP contribution in [0.1, 0.15) is 61.3 Å². The third-order valence-corrected chi connectivity index (χ3v) is 4.10. The minimum absolute atomic E-state index is 0.262. The molecule has 20 heavy (non-hydrogen) atoms. The topological polar surface area (TPSA) is 25.2 Å². The van der Waals surface area contributed by atoms with Gasteiger partial charge in [0.2, 0.25) is 0 Å². The first-order chi connectivity index (χ1) is 9.51. The number of hydrogen-bond acceptors (Lipinski definition) is 2. The Labute approximate surface area is 124 Å².